The van der Waals surface area contributed by atoms with E-state index in [1.807, 2.05) is 20.8 Å². The fourth-order valence-corrected chi connectivity index (χ4v) is 5.51. The average molecular weight is 606 g/mol. The number of hydrogen-bond donors (Lipinski definition) is 5. The van der Waals surface area contributed by atoms with Gasteiger partial charge in [-0.25, -0.2) is 19.0 Å². The number of carbonyl (C=O) groups excluding carboxylic acids is 1. The van der Waals surface area contributed by atoms with E-state index >= 15 is 4.39 Å². The highest BCUT2D eigenvalue weighted by molar-refractivity contribution is 5.97. The van der Waals surface area contributed by atoms with Crippen molar-refractivity contribution in [3.63, 3.8) is 0 Å². The normalized spacial score (nSPS) is 19.9. The van der Waals surface area contributed by atoms with Gasteiger partial charge in [0.15, 0.2) is 5.70 Å². The van der Waals surface area contributed by atoms with Gasteiger partial charge in [-0.1, -0.05) is 32.9 Å². The number of aliphatic hydroxyl groups excluding tert-OH is 1. The molecule has 3 rings (SSSR count). The van der Waals surface area contributed by atoms with E-state index in [-0.39, 0.29) is 35.7 Å². The van der Waals surface area contributed by atoms with Crippen molar-refractivity contribution in [2.24, 2.45) is 11.8 Å². The van der Waals surface area contributed by atoms with Crippen LogP contribution in [0, 0.1) is 17.7 Å². The van der Waals surface area contributed by atoms with Crippen LogP contribution in [0.15, 0.2) is 47.4 Å². The number of ether oxygens (including phenoxy) is 1. The molecule has 238 valence electrons. The van der Waals surface area contributed by atoms with E-state index in [1.54, 1.807) is 18.1 Å². The summed E-state index contributed by atoms with van der Waals surface area (Å²) in [5.74, 6) is -4.22. The predicted molar refractivity (Wildman–Crippen MR) is 158 cm³/mol. The number of piperidine rings is 1. The first-order valence-electron chi connectivity index (χ1n) is 14.7. The topological polar surface area (TPSA) is 155 Å². The Morgan fingerprint density at radius 3 is 2.51 bits per heavy atom. The van der Waals surface area contributed by atoms with E-state index < -0.39 is 35.5 Å². The van der Waals surface area contributed by atoms with Gasteiger partial charge in [0.05, 0.1) is 17.9 Å². The molecule has 0 bridgehead atoms. The number of allylic oxidation sites excluding steroid dienone is 1. The molecule has 1 aromatic carbocycles. The number of benzene rings is 1. The number of methoxy groups -OCH3 is 1. The molecule has 13 heteroatoms. The van der Waals surface area contributed by atoms with Crippen LogP contribution in [0.25, 0.3) is 0 Å². The minimum Gasteiger partial charge on any atom is -0.478 e. The summed E-state index contributed by atoms with van der Waals surface area (Å²) in [7, 11) is 1.57. The molecule has 5 N–H and O–H groups in total. The molecular formula is C30H44FN5O7. The summed E-state index contributed by atoms with van der Waals surface area (Å²) in [5.41, 5.74) is 2.40. The number of aliphatic hydroxyl groups is 1. The van der Waals surface area contributed by atoms with Gasteiger partial charge in [-0.05, 0) is 56.1 Å². The Balaban J connectivity index is 2.16. The van der Waals surface area contributed by atoms with Gasteiger partial charge in [0.1, 0.15) is 17.2 Å². The maximum absolute atomic E-state index is 15.3. The van der Waals surface area contributed by atoms with Crippen LogP contribution >= 0.6 is 0 Å². The van der Waals surface area contributed by atoms with Gasteiger partial charge < -0.3 is 30.3 Å². The number of para-hydroxylation sites is 1. The van der Waals surface area contributed by atoms with Crippen LogP contribution < -0.4 is 15.8 Å². The van der Waals surface area contributed by atoms with Crippen molar-refractivity contribution < 1.29 is 38.8 Å². The standard InChI is InChI=1S/C30H44FN5O7/c1-5-26(37)20-14-21(17-32-16-20)34(18-19(2)3)29(40)28-24(12-8-9-13-43-4)35(23-11-7-6-10-22(23)31)36(33-28)25(30(41)42)15-27(38)39/h6-7,10-11,15,19-21,26,32-33,37H,5,8-9,12-14,16-18H2,1-4H3,(H,38,39)(H,41,42)/b25-15+/t20-,21+,26?/m1/s1. The van der Waals surface area contributed by atoms with E-state index in [4.69, 9.17) is 4.74 Å². The molecule has 1 aromatic rings. The van der Waals surface area contributed by atoms with Crippen LogP contribution in [0.5, 0.6) is 0 Å². The number of aliphatic carboxylic acids is 2. The van der Waals surface area contributed by atoms with E-state index in [9.17, 15) is 29.7 Å². The number of nitrogens with zero attached hydrogens (tertiary/aromatic N) is 3. The number of hydrazine groups is 2. The van der Waals surface area contributed by atoms with Crippen LogP contribution in [0.2, 0.25) is 0 Å². The Hall–Kier alpha value is -3.68. The Morgan fingerprint density at radius 2 is 1.91 bits per heavy atom. The molecule has 0 spiro atoms. The largest absolute Gasteiger partial charge is 0.478 e. The summed E-state index contributed by atoms with van der Waals surface area (Å²) >= 11 is 0. The summed E-state index contributed by atoms with van der Waals surface area (Å²) < 4.78 is 20.5. The number of anilines is 1. The molecule has 2 aliphatic heterocycles. The van der Waals surface area contributed by atoms with E-state index in [2.05, 4.69) is 10.7 Å². The van der Waals surface area contributed by atoms with Gasteiger partial charge in [-0.3, -0.25) is 10.2 Å². The highest BCUT2D eigenvalue weighted by Crippen LogP contribution is 2.35. The molecule has 12 nitrogen and oxygen atoms in total. The lowest BCUT2D eigenvalue weighted by atomic mass is 9.88. The molecule has 2 heterocycles. The van der Waals surface area contributed by atoms with Crippen LogP contribution in [0.4, 0.5) is 10.1 Å². The molecule has 1 amide bonds. The monoisotopic (exact) mass is 605 g/mol. The molecule has 43 heavy (non-hydrogen) atoms. The minimum atomic E-state index is -1.59. The Labute approximate surface area is 251 Å². The van der Waals surface area contributed by atoms with Crippen molar-refractivity contribution in [3.8, 4) is 0 Å². The second-order valence-corrected chi connectivity index (χ2v) is 11.3. The molecule has 0 aliphatic carbocycles. The number of rotatable bonds is 15. The quantitative estimate of drug-likeness (QED) is 0.148. The summed E-state index contributed by atoms with van der Waals surface area (Å²) in [4.78, 5) is 40.2. The third kappa shape index (κ3) is 8.46. The number of unbranched alkanes of at least 4 members (excludes halogenated alkanes) is 1. The Morgan fingerprint density at radius 1 is 1.19 bits per heavy atom. The zero-order valence-electron chi connectivity index (χ0n) is 25.3. The number of carboxylic acid groups (broad SMARTS) is 2. The van der Waals surface area contributed by atoms with Crippen LogP contribution in [-0.4, -0.2) is 88.7 Å². The van der Waals surface area contributed by atoms with Crippen molar-refractivity contribution in [2.75, 3.05) is 38.4 Å². The van der Waals surface area contributed by atoms with Gasteiger partial charge in [-0.2, -0.15) is 5.12 Å². The van der Waals surface area contributed by atoms with Gasteiger partial charge in [0.2, 0.25) is 0 Å². The first-order valence-corrected chi connectivity index (χ1v) is 14.7. The molecular weight excluding hydrogens is 561 g/mol. The first kappa shape index (κ1) is 33.8. The third-order valence-corrected chi connectivity index (χ3v) is 7.56. The lowest BCUT2D eigenvalue weighted by Crippen LogP contribution is -2.55. The summed E-state index contributed by atoms with van der Waals surface area (Å²) in [5, 5.41) is 35.5. The number of hydrogen-bond acceptors (Lipinski definition) is 9. The van der Waals surface area contributed by atoms with E-state index in [0.717, 1.165) is 5.12 Å². The molecule has 0 saturated carbocycles. The Kier molecular flexibility index (Phi) is 12.3. The third-order valence-electron chi connectivity index (χ3n) is 7.56. The number of nitrogens with one attached hydrogen (secondary N) is 2. The van der Waals surface area contributed by atoms with Crippen molar-refractivity contribution in [2.45, 2.75) is 65.0 Å². The summed E-state index contributed by atoms with van der Waals surface area (Å²) in [6, 6.07) is 5.41. The number of carbonyl (C=O) groups is 3. The second-order valence-electron chi connectivity index (χ2n) is 11.3. The molecule has 1 saturated heterocycles. The fraction of sp³-hybridized carbons (Fsp3) is 0.567. The van der Waals surface area contributed by atoms with Crippen molar-refractivity contribution in [1.29, 1.82) is 0 Å². The minimum absolute atomic E-state index is 0.0250. The van der Waals surface area contributed by atoms with Gasteiger partial charge in [0, 0.05) is 39.4 Å². The second kappa shape index (κ2) is 15.7. The molecule has 1 fully saturated rings. The maximum Gasteiger partial charge on any atom is 0.356 e. The molecule has 1 unspecified atom stereocenters. The smallest absolute Gasteiger partial charge is 0.356 e. The van der Waals surface area contributed by atoms with Gasteiger partial charge in [-0.15, -0.1) is 0 Å². The summed E-state index contributed by atoms with van der Waals surface area (Å²) in [6.07, 6.45) is 2.48. The first-order chi connectivity index (χ1) is 20.5. The van der Waals surface area contributed by atoms with Gasteiger partial charge >= 0.3 is 11.9 Å². The van der Waals surface area contributed by atoms with Gasteiger partial charge in [0.25, 0.3) is 5.91 Å². The van der Waals surface area contributed by atoms with Crippen LogP contribution in [0.1, 0.15) is 52.9 Å². The SMILES string of the molecule is CCC(O)[C@H]1CNC[C@@H](N(CC(C)C)C(=O)C2=C(CCCCOC)N(c3ccccc3F)N(/C(=C/C(=O)O)C(=O)O)N2)C1. The lowest BCUT2D eigenvalue weighted by molar-refractivity contribution is -0.137. The van der Waals surface area contributed by atoms with Crippen molar-refractivity contribution >= 4 is 23.5 Å². The molecule has 3 atom stereocenters. The highest BCUT2D eigenvalue weighted by atomic mass is 19.1. The zero-order chi connectivity index (χ0) is 31.7. The molecule has 0 radical (unpaired) electrons. The molecule has 0 aromatic heterocycles. The molecule has 2 aliphatic rings. The zero-order valence-corrected chi connectivity index (χ0v) is 25.3. The van der Waals surface area contributed by atoms with Crippen LogP contribution in [-0.2, 0) is 19.1 Å². The maximum atomic E-state index is 15.3. The van der Waals surface area contributed by atoms with E-state index in [0.29, 0.717) is 63.7 Å². The van der Waals surface area contributed by atoms with Crippen LogP contribution in [0.3, 0.4) is 0 Å². The predicted octanol–water partition coefficient (Wildman–Crippen LogP) is 2.68. The average Bonchev–Trinajstić information content (AvgIpc) is 3.34. The number of carboxylic acids is 2. The fourth-order valence-electron chi connectivity index (χ4n) is 5.51. The Bertz CT molecular complexity index is 1210. The number of halogens is 1. The van der Waals surface area contributed by atoms with Crippen molar-refractivity contribution in [3.05, 3.63) is 53.2 Å². The summed E-state index contributed by atoms with van der Waals surface area (Å²) in [6.45, 7) is 7.81. The highest BCUT2D eigenvalue weighted by Gasteiger charge is 2.42. The lowest BCUT2D eigenvalue weighted by Gasteiger charge is -2.40. The van der Waals surface area contributed by atoms with E-state index in [1.165, 1.54) is 23.2 Å². The van der Waals surface area contributed by atoms with Crippen molar-refractivity contribution in [1.82, 2.24) is 20.8 Å². The number of amides is 1.